The molecule has 0 spiro atoms. The highest BCUT2D eigenvalue weighted by Crippen LogP contribution is 2.17. The summed E-state index contributed by atoms with van der Waals surface area (Å²) in [4.78, 5) is 6.58. The number of aryl methyl sites for hydroxylation is 1. The smallest absolute Gasteiger partial charge is 0.216 e. The third-order valence-corrected chi connectivity index (χ3v) is 6.30. The highest BCUT2D eigenvalue weighted by atomic mass is 32.2. The molecule has 1 aromatic rings. The van der Waals surface area contributed by atoms with Gasteiger partial charge in [0.2, 0.25) is 10.0 Å². The zero-order valence-electron chi connectivity index (χ0n) is 15.9. The van der Waals surface area contributed by atoms with Crippen molar-refractivity contribution in [3.8, 4) is 0 Å². The van der Waals surface area contributed by atoms with E-state index < -0.39 is 15.3 Å². The maximum Gasteiger partial charge on any atom is 0.216 e. The topological polar surface area (TPSA) is 105 Å². The Morgan fingerprint density at radius 3 is 2.77 bits per heavy atom. The molecule has 26 heavy (non-hydrogen) atoms. The number of rotatable bonds is 7. The Bertz CT molecular complexity index is 755. The third-order valence-electron chi connectivity index (χ3n) is 4.24. The number of likely N-dealkylation sites (tertiary alicyclic amines) is 1. The number of hydrogen-bond donors (Lipinski definition) is 2. The van der Waals surface area contributed by atoms with Gasteiger partial charge >= 0.3 is 0 Å². The Morgan fingerprint density at radius 1 is 1.46 bits per heavy atom. The number of nitrogens with one attached hydrogen (secondary N) is 2. The maximum atomic E-state index is 12.4. The van der Waals surface area contributed by atoms with E-state index in [9.17, 15) is 8.42 Å². The minimum absolute atomic E-state index is 0.111. The van der Waals surface area contributed by atoms with Crippen LogP contribution in [0.3, 0.4) is 0 Å². The van der Waals surface area contributed by atoms with Crippen molar-refractivity contribution in [2.24, 2.45) is 12.0 Å². The van der Waals surface area contributed by atoms with Crippen LogP contribution in [0.2, 0.25) is 0 Å². The summed E-state index contributed by atoms with van der Waals surface area (Å²) < 4.78 is 29.4. The molecule has 0 amide bonds. The summed E-state index contributed by atoms with van der Waals surface area (Å²) >= 11 is 0. The zero-order valence-corrected chi connectivity index (χ0v) is 16.8. The lowest BCUT2D eigenvalue weighted by atomic mass is 10.4. The molecule has 2 heterocycles. The van der Waals surface area contributed by atoms with Crippen LogP contribution in [0.15, 0.2) is 17.6 Å². The van der Waals surface area contributed by atoms with Gasteiger partial charge in [0.25, 0.3) is 0 Å². The molecule has 0 bridgehead atoms. The Hall–Kier alpha value is -1.94. The molecule has 2 N–H and O–H groups in total. The van der Waals surface area contributed by atoms with E-state index in [1.54, 1.807) is 6.08 Å². The summed E-state index contributed by atoms with van der Waals surface area (Å²) in [6.07, 6.45) is 2.31. The molecule has 2 rings (SSSR count). The van der Waals surface area contributed by atoms with Crippen molar-refractivity contribution in [3.63, 3.8) is 0 Å². The van der Waals surface area contributed by atoms with E-state index in [1.807, 2.05) is 37.3 Å². The van der Waals surface area contributed by atoms with Gasteiger partial charge in [-0.25, -0.2) is 18.1 Å². The van der Waals surface area contributed by atoms with Gasteiger partial charge in [0.05, 0.1) is 5.25 Å². The molecule has 1 atom stereocenters. The summed E-state index contributed by atoms with van der Waals surface area (Å²) in [7, 11) is -1.44. The van der Waals surface area contributed by atoms with Gasteiger partial charge in [0, 0.05) is 32.7 Å². The van der Waals surface area contributed by atoms with Crippen LogP contribution in [0.5, 0.6) is 0 Å². The summed E-state index contributed by atoms with van der Waals surface area (Å²) in [6.45, 7) is 11.2. The van der Waals surface area contributed by atoms with Gasteiger partial charge in [-0.2, -0.15) is 0 Å². The normalized spacial score (nSPS) is 18.6. The molecule has 0 saturated carbocycles. The second kappa shape index (κ2) is 8.63. The molecule has 0 radical (unpaired) electrons. The van der Waals surface area contributed by atoms with Gasteiger partial charge in [0.15, 0.2) is 11.8 Å². The van der Waals surface area contributed by atoms with Gasteiger partial charge in [-0.3, -0.25) is 0 Å². The highest BCUT2D eigenvalue weighted by Gasteiger charge is 2.34. The predicted molar refractivity (Wildman–Crippen MR) is 102 cm³/mol. The number of aromatic nitrogens is 3. The van der Waals surface area contributed by atoms with Crippen LogP contribution in [0.4, 0.5) is 0 Å². The summed E-state index contributed by atoms with van der Waals surface area (Å²) in [5.41, 5.74) is 0. The van der Waals surface area contributed by atoms with Crippen molar-refractivity contribution in [1.29, 1.82) is 0 Å². The summed E-state index contributed by atoms with van der Waals surface area (Å²) in [6, 6.07) is -0.111. The lowest BCUT2D eigenvalue weighted by Crippen LogP contribution is -2.43. The van der Waals surface area contributed by atoms with Gasteiger partial charge in [-0.1, -0.05) is 6.08 Å². The molecule has 0 aromatic carbocycles. The molecule has 0 aliphatic carbocycles. The van der Waals surface area contributed by atoms with E-state index in [1.165, 1.54) is 0 Å². The van der Waals surface area contributed by atoms with Crippen LogP contribution < -0.4 is 10.0 Å². The van der Waals surface area contributed by atoms with Crippen LogP contribution in [-0.2, 0) is 23.6 Å². The second-order valence-electron chi connectivity index (χ2n) is 6.71. The van der Waals surface area contributed by atoms with E-state index in [4.69, 9.17) is 0 Å². The second-order valence-corrected chi connectivity index (χ2v) is 8.70. The van der Waals surface area contributed by atoms with Crippen LogP contribution >= 0.6 is 0 Å². The first kappa shape index (κ1) is 20.4. The number of aliphatic imine (C=N–C) groups is 1. The number of nitrogens with zero attached hydrogens (tertiary/aromatic N) is 5. The fourth-order valence-electron chi connectivity index (χ4n) is 2.76. The monoisotopic (exact) mass is 383 g/mol. The van der Waals surface area contributed by atoms with Crippen molar-refractivity contribution in [2.45, 2.75) is 45.0 Å². The average molecular weight is 384 g/mol. The van der Waals surface area contributed by atoms with E-state index in [0.29, 0.717) is 38.6 Å². The molecular weight excluding hydrogens is 354 g/mol. The van der Waals surface area contributed by atoms with Crippen molar-refractivity contribution in [1.82, 2.24) is 29.7 Å². The molecule has 1 saturated heterocycles. The molecule has 1 aliphatic heterocycles. The Morgan fingerprint density at radius 2 is 2.19 bits per heavy atom. The SMILES string of the molecule is C=CCNC(=NCc1nnc(C)n1C)N1CCC(S(=O)(=O)NC(C)C)C1. The molecule has 1 aromatic heterocycles. The van der Waals surface area contributed by atoms with Crippen molar-refractivity contribution >= 4 is 16.0 Å². The molecule has 1 unspecified atom stereocenters. The molecule has 1 fully saturated rings. The van der Waals surface area contributed by atoms with Crippen molar-refractivity contribution in [3.05, 3.63) is 24.3 Å². The third kappa shape index (κ3) is 5.04. The minimum atomic E-state index is -3.34. The largest absolute Gasteiger partial charge is 0.353 e. The highest BCUT2D eigenvalue weighted by molar-refractivity contribution is 7.90. The Labute approximate surface area is 155 Å². The summed E-state index contributed by atoms with van der Waals surface area (Å²) in [5, 5.41) is 10.9. The number of sulfonamides is 1. The minimum Gasteiger partial charge on any atom is -0.353 e. The Kier molecular flexibility index (Phi) is 6.76. The van der Waals surface area contributed by atoms with Gasteiger partial charge < -0.3 is 14.8 Å². The Balaban J connectivity index is 2.11. The molecule has 1 aliphatic rings. The van der Waals surface area contributed by atoms with E-state index >= 15 is 0 Å². The first-order valence-corrected chi connectivity index (χ1v) is 10.3. The maximum absolute atomic E-state index is 12.4. The van der Waals surface area contributed by atoms with Crippen LogP contribution in [-0.4, -0.2) is 65.0 Å². The van der Waals surface area contributed by atoms with Crippen molar-refractivity contribution in [2.75, 3.05) is 19.6 Å². The lowest BCUT2D eigenvalue weighted by Gasteiger charge is -2.22. The van der Waals surface area contributed by atoms with Crippen LogP contribution in [0.1, 0.15) is 31.9 Å². The van der Waals surface area contributed by atoms with E-state index in [-0.39, 0.29) is 6.04 Å². The quantitative estimate of drug-likeness (QED) is 0.395. The van der Waals surface area contributed by atoms with Crippen LogP contribution in [0, 0.1) is 6.92 Å². The van der Waals surface area contributed by atoms with Crippen molar-refractivity contribution < 1.29 is 8.42 Å². The van der Waals surface area contributed by atoms with Crippen LogP contribution in [0.25, 0.3) is 0 Å². The summed E-state index contributed by atoms with van der Waals surface area (Å²) in [5.74, 6) is 2.24. The number of guanidine groups is 1. The van der Waals surface area contributed by atoms with Gasteiger partial charge in [-0.15, -0.1) is 16.8 Å². The van der Waals surface area contributed by atoms with Gasteiger partial charge in [0.1, 0.15) is 12.4 Å². The first-order chi connectivity index (χ1) is 12.2. The van der Waals surface area contributed by atoms with E-state index in [0.717, 1.165) is 11.6 Å². The van der Waals surface area contributed by atoms with E-state index in [2.05, 4.69) is 31.8 Å². The predicted octanol–water partition coefficient (Wildman–Crippen LogP) is 0.157. The molecular formula is C16H29N7O2S. The molecule has 9 nitrogen and oxygen atoms in total. The average Bonchev–Trinajstić information content (AvgIpc) is 3.16. The standard InChI is InChI=1S/C16H29N7O2S/c1-6-8-17-16(18-10-15-20-19-13(4)22(15)5)23-9-7-14(11-23)26(24,25)21-12(2)3/h6,12,14,21H,1,7-11H2,2-5H3,(H,17,18). The fourth-order valence-corrected chi connectivity index (χ4v) is 4.41. The first-order valence-electron chi connectivity index (χ1n) is 8.74. The fraction of sp³-hybridized carbons (Fsp3) is 0.688. The zero-order chi connectivity index (χ0) is 19.3. The number of hydrogen-bond acceptors (Lipinski definition) is 5. The van der Waals surface area contributed by atoms with Gasteiger partial charge in [-0.05, 0) is 27.2 Å². The lowest BCUT2D eigenvalue weighted by molar-refractivity contribution is 0.490. The molecule has 10 heteroatoms. The molecule has 146 valence electrons.